The number of nitrogens with two attached hydrogens (primary N) is 1. The molecule has 0 aliphatic rings. The van der Waals surface area contributed by atoms with E-state index in [9.17, 15) is 9.90 Å². The fourth-order valence-corrected chi connectivity index (χ4v) is 1.51. The largest absolute Gasteiger partial charge is 0.504 e. The van der Waals surface area contributed by atoms with E-state index < -0.39 is 5.91 Å². The summed E-state index contributed by atoms with van der Waals surface area (Å²) in [5.74, 6) is -1.02. The van der Waals surface area contributed by atoms with Gasteiger partial charge in [-0.3, -0.25) is 4.79 Å². The van der Waals surface area contributed by atoms with Gasteiger partial charge in [-0.2, -0.15) is 0 Å². The molecular weight excluding hydrogens is 240 g/mol. The van der Waals surface area contributed by atoms with Crippen molar-refractivity contribution in [1.82, 2.24) is 5.32 Å². The first-order valence-electron chi connectivity index (χ1n) is 5.07. The lowest BCUT2D eigenvalue weighted by Crippen LogP contribution is -2.42. The Morgan fingerprint density at radius 3 is 2.59 bits per heavy atom. The van der Waals surface area contributed by atoms with Gasteiger partial charge in [-0.25, -0.2) is 0 Å². The standard InChI is InChI=1S/C11H14N2O3S/c1-2-7(10(12)17)13-11(16)6-3-4-8(14)9(15)5-6/h3-5,7,14-15H,2H2,1H3,(H2,12,17)(H,13,16). The van der Waals surface area contributed by atoms with Crippen LogP contribution in [0.1, 0.15) is 23.7 Å². The summed E-state index contributed by atoms with van der Waals surface area (Å²) in [6, 6.07) is 3.44. The van der Waals surface area contributed by atoms with Crippen LogP contribution in [-0.4, -0.2) is 27.2 Å². The molecule has 5 N–H and O–H groups in total. The predicted octanol–water partition coefficient (Wildman–Crippen LogP) is 0.892. The molecule has 1 amide bonds. The molecule has 0 radical (unpaired) electrons. The van der Waals surface area contributed by atoms with Gasteiger partial charge in [0.05, 0.1) is 11.0 Å². The van der Waals surface area contributed by atoms with E-state index in [1.165, 1.54) is 18.2 Å². The number of rotatable bonds is 4. The molecule has 92 valence electrons. The van der Waals surface area contributed by atoms with E-state index in [4.69, 9.17) is 23.1 Å². The Hall–Kier alpha value is -1.82. The summed E-state index contributed by atoms with van der Waals surface area (Å²) in [5, 5.41) is 21.0. The molecule has 1 aromatic carbocycles. The molecule has 1 aromatic rings. The van der Waals surface area contributed by atoms with Crippen molar-refractivity contribution < 1.29 is 15.0 Å². The second kappa shape index (κ2) is 5.49. The summed E-state index contributed by atoms with van der Waals surface area (Å²) >= 11 is 4.80. The van der Waals surface area contributed by atoms with Gasteiger partial charge in [0, 0.05) is 5.56 Å². The molecule has 17 heavy (non-hydrogen) atoms. The lowest BCUT2D eigenvalue weighted by Gasteiger charge is -2.15. The SMILES string of the molecule is CCC(NC(=O)c1ccc(O)c(O)c1)C(N)=S. The first-order chi connectivity index (χ1) is 7.95. The van der Waals surface area contributed by atoms with Gasteiger partial charge in [-0.15, -0.1) is 0 Å². The molecule has 0 aliphatic carbocycles. The minimum absolute atomic E-state index is 0.212. The van der Waals surface area contributed by atoms with Crippen molar-refractivity contribution in [2.24, 2.45) is 5.73 Å². The first-order valence-corrected chi connectivity index (χ1v) is 5.48. The Balaban J connectivity index is 2.82. The molecule has 5 nitrogen and oxygen atoms in total. The van der Waals surface area contributed by atoms with Gasteiger partial charge in [0.2, 0.25) is 0 Å². The summed E-state index contributed by atoms with van der Waals surface area (Å²) in [4.78, 5) is 12.0. The molecule has 6 heteroatoms. The third-order valence-electron chi connectivity index (χ3n) is 2.29. The number of phenolic OH excluding ortho intramolecular Hbond substituents is 2. The molecule has 0 bridgehead atoms. The molecule has 1 unspecified atom stereocenters. The molecule has 0 saturated carbocycles. The Kier molecular flexibility index (Phi) is 4.28. The Bertz CT molecular complexity index is 448. The second-order valence-electron chi connectivity index (χ2n) is 3.54. The van der Waals surface area contributed by atoms with Gasteiger partial charge < -0.3 is 21.3 Å². The Labute approximate surface area is 104 Å². The van der Waals surface area contributed by atoms with Crippen LogP contribution in [0, 0.1) is 0 Å². The van der Waals surface area contributed by atoms with Crippen molar-refractivity contribution in [2.75, 3.05) is 0 Å². The maximum Gasteiger partial charge on any atom is 0.251 e. The van der Waals surface area contributed by atoms with Crippen LogP contribution >= 0.6 is 12.2 Å². The van der Waals surface area contributed by atoms with Crippen LogP contribution < -0.4 is 11.1 Å². The van der Waals surface area contributed by atoms with Crippen molar-refractivity contribution in [1.29, 1.82) is 0 Å². The number of benzene rings is 1. The van der Waals surface area contributed by atoms with Gasteiger partial charge in [0.25, 0.3) is 5.91 Å². The molecule has 0 aromatic heterocycles. The zero-order chi connectivity index (χ0) is 13.0. The van der Waals surface area contributed by atoms with Gasteiger partial charge in [-0.1, -0.05) is 19.1 Å². The van der Waals surface area contributed by atoms with Gasteiger partial charge in [-0.05, 0) is 24.6 Å². The molecule has 0 saturated heterocycles. The average Bonchev–Trinajstić information content (AvgIpc) is 2.28. The van der Waals surface area contributed by atoms with Crippen LogP contribution in [-0.2, 0) is 0 Å². The molecule has 0 spiro atoms. The summed E-state index contributed by atoms with van der Waals surface area (Å²) in [6.45, 7) is 1.85. The normalized spacial score (nSPS) is 11.8. The molecule has 1 atom stereocenters. The minimum Gasteiger partial charge on any atom is -0.504 e. The zero-order valence-corrected chi connectivity index (χ0v) is 10.1. The number of aromatic hydroxyl groups is 2. The van der Waals surface area contributed by atoms with E-state index in [0.29, 0.717) is 6.42 Å². The van der Waals surface area contributed by atoms with Gasteiger partial charge in [0.1, 0.15) is 0 Å². The lowest BCUT2D eigenvalue weighted by molar-refractivity contribution is 0.0946. The number of carbonyl (C=O) groups is 1. The monoisotopic (exact) mass is 254 g/mol. The van der Waals surface area contributed by atoms with E-state index in [-0.39, 0.29) is 28.1 Å². The predicted molar refractivity (Wildman–Crippen MR) is 68.1 cm³/mol. The topological polar surface area (TPSA) is 95.6 Å². The number of carbonyl (C=O) groups excluding carboxylic acids is 1. The molecule has 0 heterocycles. The molecule has 1 rings (SSSR count). The average molecular weight is 254 g/mol. The third-order valence-corrected chi connectivity index (χ3v) is 2.58. The molecule has 0 aliphatic heterocycles. The highest BCUT2D eigenvalue weighted by atomic mass is 32.1. The van der Waals surface area contributed by atoms with Crippen LogP contribution in [0.4, 0.5) is 0 Å². The number of nitrogens with one attached hydrogen (secondary N) is 1. The van der Waals surface area contributed by atoms with Crippen LogP contribution in [0.3, 0.4) is 0 Å². The third kappa shape index (κ3) is 3.32. The number of hydrogen-bond acceptors (Lipinski definition) is 4. The van der Waals surface area contributed by atoms with Gasteiger partial charge >= 0.3 is 0 Å². The van der Waals surface area contributed by atoms with Crippen molar-refractivity contribution in [2.45, 2.75) is 19.4 Å². The smallest absolute Gasteiger partial charge is 0.251 e. The highest BCUT2D eigenvalue weighted by Crippen LogP contribution is 2.24. The van der Waals surface area contributed by atoms with Crippen LogP contribution in [0.15, 0.2) is 18.2 Å². The fourth-order valence-electron chi connectivity index (χ4n) is 1.28. The van der Waals surface area contributed by atoms with Crippen molar-refractivity contribution in [3.05, 3.63) is 23.8 Å². The number of hydrogen-bond donors (Lipinski definition) is 4. The molecule has 0 fully saturated rings. The van der Waals surface area contributed by atoms with Crippen molar-refractivity contribution in [3.63, 3.8) is 0 Å². The summed E-state index contributed by atoms with van der Waals surface area (Å²) in [6.07, 6.45) is 0.588. The number of amides is 1. The number of phenols is 2. The Morgan fingerprint density at radius 1 is 1.47 bits per heavy atom. The van der Waals surface area contributed by atoms with Crippen LogP contribution in [0.2, 0.25) is 0 Å². The number of thiocarbonyl (C=S) groups is 1. The maximum atomic E-state index is 11.8. The fraction of sp³-hybridized carbons (Fsp3) is 0.273. The van der Waals surface area contributed by atoms with E-state index >= 15 is 0 Å². The van der Waals surface area contributed by atoms with Crippen LogP contribution in [0.5, 0.6) is 11.5 Å². The van der Waals surface area contributed by atoms with E-state index in [1.54, 1.807) is 0 Å². The quantitative estimate of drug-likeness (QED) is 0.473. The minimum atomic E-state index is -0.403. The van der Waals surface area contributed by atoms with E-state index in [2.05, 4.69) is 5.32 Å². The van der Waals surface area contributed by atoms with E-state index in [1.807, 2.05) is 6.92 Å². The first kappa shape index (κ1) is 13.2. The Morgan fingerprint density at radius 2 is 2.12 bits per heavy atom. The van der Waals surface area contributed by atoms with Crippen molar-refractivity contribution >= 4 is 23.1 Å². The van der Waals surface area contributed by atoms with Crippen molar-refractivity contribution in [3.8, 4) is 11.5 Å². The summed E-state index contributed by atoms with van der Waals surface area (Å²) in [7, 11) is 0. The molecular formula is C11H14N2O3S. The summed E-state index contributed by atoms with van der Waals surface area (Å²) in [5.41, 5.74) is 5.69. The van der Waals surface area contributed by atoms with Crippen LogP contribution in [0.25, 0.3) is 0 Å². The van der Waals surface area contributed by atoms with E-state index in [0.717, 1.165) is 0 Å². The maximum absolute atomic E-state index is 11.8. The highest BCUT2D eigenvalue weighted by Gasteiger charge is 2.15. The zero-order valence-electron chi connectivity index (χ0n) is 9.30. The lowest BCUT2D eigenvalue weighted by atomic mass is 10.1. The summed E-state index contributed by atoms with van der Waals surface area (Å²) < 4.78 is 0. The second-order valence-corrected chi connectivity index (χ2v) is 4.01. The highest BCUT2D eigenvalue weighted by molar-refractivity contribution is 7.80. The van der Waals surface area contributed by atoms with Gasteiger partial charge in [0.15, 0.2) is 11.5 Å².